The fraction of sp³-hybridized carbons (Fsp3) is 0.300. The van der Waals surface area contributed by atoms with Gasteiger partial charge in [0.25, 0.3) is 0 Å². The standard InChI is InChI=1S/C10H13NO2.ClH.2H2O/c1-13-10(12)9(11)7-8-5-3-2-4-6-8;;;/h2-6,9H,7,11H2,1H3;1H;2*1H2. The fourth-order valence-corrected chi connectivity index (χ4v) is 1.10. The lowest BCUT2D eigenvalue weighted by Gasteiger charge is -2.08. The van der Waals surface area contributed by atoms with E-state index in [4.69, 9.17) is 5.73 Å². The predicted molar refractivity (Wildman–Crippen MR) is 64.6 cm³/mol. The van der Waals surface area contributed by atoms with Crippen molar-refractivity contribution in [1.29, 1.82) is 0 Å². The Hall–Kier alpha value is -1.14. The van der Waals surface area contributed by atoms with Gasteiger partial charge in [-0.05, 0) is 12.0 Å². The first-order valence-electron chi connectivity index (χ1n) is 4.11. The minimum Gasteiger partial charge on any atom is -0.468 e. The first kappa shape index (κ1) is 20.3. The second-order valence-corrected chi connectivity index (χ2v) is 2.82. The molecule has 0 aliphatic rings. The predicted octanol–water partition coefficient (Wildman–Crippen LogP) is -0.498. The molecule has 0 saturated heterocycles. The van der Waals surface area contributed by atoms with Crippen LogP contribution in [0.2, 0.25) is 0 Å². The van der Waals surface area contributed by atoms with Crippen molar-refractivity contribution in [2.24, 2.45) is 5.73 Å². The van der Waals surface area contributed by atoms with Gasteiger partial charge in [-0.25, -0.2) is 0 Å². The SMILES string of the molecule is COC(=O)C(N)Cc1ccccc1.Cl.O.O. The van der Waals surface area contributed by atoms with Crippen LogP contribution < -0.4 is 5.73 Å². The lowest BCUT2D eigenvalue weighted by atomic mass is 10.1. The van der Waals surface area contributed by atoms with E-state index in [9.17, 15) is 4.79 Å². The summed E-state index contributed by atoms with van der Waals surface area (Å²) in [5, 5.41) is 0. The number of carbonyl (C=O) groups excluding carboxylic acids is 1. The van der Waals surface area contributed by atoms with Gasteiger partial charge in [-0.1, -0.05) is 30.3 Å². The van der Waals surface area contributed by atoms with Crippen LogP contribution in [0.3, 0.4) is 0 Å². The Morgan fingerprint density at radius 3 is 2.25 bits per heavy atom. The van der Waals surface area contributed by atoms with E-state index in [0.29, 0.717) is 6.42 Å². The summed E-state index contributed by atoms with van der Waals surface area (Å²) in [5.41, 5.74) is 6.63. The molecule has 0 aliphatic carbocycles. The molecule has 0 amide bonds. The van der Waals surface area contributed by atoms with Crippen molar-refractivity contribution >= 4 is 18.4 Å². The number of rotatable bonds is 3. The number of methoxy groups -OCH3 is 1. The average Bonchev–Trinajstić information content (AvgIpc) is 2.18. The monoisotopic (exact) mass is 251 g/mol. The second kappa shape index (κ2) is 10.4. The molecule has 0 fully saturated rings. The quantitative estimate of drug-likeness (QED) is 0.730. The maximum Gasteiger partial charge on any atom is 0.322 e. The number of halogens is 1. The molecule has 0 aliphatic heterocycles. The molecule has 0 bridgehead atoms. The van der Waals surface area contributed by atoms with Gasteiger partial charge in [0.05, 0.1) is 7.11 Å². The average molecular weight is 252 g/mol. The molecule has 5 nitrogen and oxygen atoms in total. The highest BCUT2D eigenvalue weighted by molar-refractivity contribution is 5.85. The van der Waals surface area contributed by atoms with E-state index in [1.807, 2.05) is 30.3 Å². The van der Waals surface area contributed by atoms with Gasteiger partial charge >= 0.3 is 5.97 Å². The smallest absolute Gasteiger partial charge is 0.322 e. The first-order chi connectivity index (χ1) is 6.24. The van der Waals surface area contributed by atoms with Gasteiger partial charge < -0.3 is 21.4 Å². The van der Waals surface area contributed by atoms with Crippen LogP contribution >= 0.6 is 12.4 Å². The summed E-state index contributed by atoms with van der Waals surface area (Å²) >= 11 is 0. The van der Waals surface area contributed by atoms with Gasteiger partial charge in [-0.3, -0.25) is 4.79 Å². The highest BCUT2D eigenvalue weighted by atomic mass is 35.5. The highest BCUT2D eigenvalue weighted by Crippen LogP contribution is 2.02. The fourth-order valence-electron chi connectivity index (χ4n) is 1.10. The van der Waals surface area contributed by atoms with Crippen molar-refractivity contribution in [3.8, 4) is 0 Å². The molecule has 94 valence electrons. The zero-order valence-corrected chi connectivity index (χ0v) is 9.79. The number of nitrogens with two attached hydrogens (primary N) is 1. The van der Waals surface area contributed by atoms with Crippen LogP contribution in [0, 0.1) is 0 Å². The van der Waals surface area contributed by atoms with Gasteiger partial charge in [0.2, 0.25) is 0 Å². The topological polar surface area (TPSA) is 115 Å². The van der Waals surface area contributed by atoms with Crippen molar-refractivity contribution < 1.29 is 20.5 Å². The van der Waals surface area contributed by atoms with Crippen LogP contribution in [0.4, 0.5) is 0 Å². The molecule has 0 radical (unpaired) electrons. The summed E-state index contributed by atoms with van der Waals surface area (Å²) in [6, 6.07) is 9.06. The minimum absolute atomic E-state index is 0. The van der Waals surface area contributed by atoms with Crippen LogP contribution in [0.1, 0.15) is 5.56 Å². The Morgan fingerprint density at radius 2 is 1.81 bits per heavy atom. The van der Waals surface area contributed by atoms with Gasteiger partial charge in [0.1, 0.15) is 6.04 Å². The molecule has 1 unspecified atom stereocenters. The lowest BCUT2D eigenvalue weighted by Crippen LogP contribution is -2.33. The molecule has 0 saturated carbocycles. The van der Waals surface area contributed by atoms with E-state index in [-0.39, 0.29) is 29.3 Å². The zero-order chi connectivity index (χ0) is 9.68. The van der Waals surface area contributed by atoms with Crippen molar-refractivity contribution in [3.63, 3.8) is 0 Å². The third-order valence-electron chi connectivity index (χ3n) is 1.80. The van der Waals surface area contributed by atoms with Gasteiger partial charge in [-0.15, -0.1) is 12.4 Å². The maximum absolute atomic E-state index is 11.0. The normalized spacial score (nSPS) is 9.88. The molecule has 0 aromatic heterocycles. The molecule has 0 spiro atoms. The molecular formula is C10H18ClNO4. The molecule has 1 rings (SSSR count). The summed E-state index contributed by atoms with van der Waals surface area (Å²) in [5.74, 6) is -0.371. The Labute approximate surface area is 101 Å². The molecule has 1 aromatic rings. The van der Waals surface area contributed by atoms with Crippen molar-refractivity contribution in [2.45, 2.75) is 12.5 Å². The second-order valence-electron chi connectivity index (χ2n) is 2.82. The van der Waals surface area contributed by atoms with Crippen LogP contribution in [0.5, 0.6) is 0 Å². The minimum atomic E-state index is -0.563. The molecule has 6 heteroatoms. The van der Waals surface area contributed by atoms with Crippen LogP contribution in [-0.4, -0.2) is 30.1 Å². The summed E-state index contributed by atoms with van der Waals surface area (Å²) in [4.78, 5) is 11.0. The maximum atomic E-state index is 11.0. The zero-order valence-electron chi connectivity index (χ0n) is 8.97. The number of esters is 1. The van der Waals surface area contributed by atoms with E-state index in [0.717, 1.165) is 5.56 Å². The summed E-state index contributed by atoms with van der Waals surface area (Å²) < 4.78 is 4.52. The number of carbonyl (C=O) groups is 1. The summed E-state index contributed by atoms with van der Waals surface area (Å²) in [6.07, 6.45) is 0.521. The molecule has 16 heavy (non-hydrogen) atoms. The summed E-state index contributed by atoms with van der Waals surface area (Å²) in [6.45, 7) is 0. The highest BCUT2D eigenvalue weighted by Gasteiger charge is 2.13. The molecular weight excluding hydrogens is 234 g/mol. The van der Waals surface area contributed by atoms with Crippen molar-refractivity contribution in [3.05, 3.63) is 35.9 Å². The number of benzene rings is 1. The van der Waals surface area contributed by atoms with Crippen molar-refractivity contribution in [1.82, 2.24) is 0 Å². The van der Waals surface area contributed by atoms with Gasteiger partial charge in [0.15, 0.2) is 0 Å². The lowest BCUT2D eigenvalue weighted by molar-refractivity contribution is -0.142. The number of hydrogen-bond acceptors (Lipinski definition) is 3. The first-order valence-corrected chi connectivity index (χ1v) is 4.11. The van der Waals surface area contributed by atoms with Crippen LogP contribution in [-0.2, 0) is 16.0 Å². The number of hydrogen-bond donors (Lipinski definition) is 1. The summed E-state index contributed by atoms with van der Waals surface area (Å²) in [7, 11) is 1.34. The molecule has 1 atom stereocenters. The van der Waals surface area contributed by atoms with Crippen LogP contribution in [0.15, 0.2) is 30.3 Å². The molecule has 1 aromatic carbocycles. The van der Waals surface area contributed by atoms with E-state index < -0.39 is 6.04 Å². The van der Waals surface area contributed by atoms with Crippen molar-refractivity contribution in [2.75, 3.05) is 7.11 Å². The van der Waals surface area contributed by atoms with E-state index >= 15 is 0 Å². The Bertz CT molecular complexity index is 281. The van der Waals surface area contributed by atoms with E-state index in [2.05, 4.69) is 4.74 Å². The third kappa shape index (κ3) is 6.36. The molecule has 6 N–H and O–H groups in total. The van der Waals surface area contributed by atoms with E-state index in [1.54, 1.807) is 0 Å². The van der Waals surface area contributed by atoms with Crippen LogP contribution in [0.25, 0.3) is 0 Å². The Kier molecular flexibility index (Phi) is 13.2. The van der Waals surface area contributed by atoms with Gasteiger partial charge in [0, 0.05) is 0 Å². The Balaban J connectivity index is -0.000000563. The van der Waals surface area contributed by atoms with E-state index in [1.165, 1.54) is 7.11 Å². The third-order valence-corrected chi connectivity index (χ3v) is 1.80. The van der Waals surface area contributed by atoms with Gasteiger partial charge in [-0.2, -0.15) is 0 Å². The number of ether oxygens (including phenoxy) is 1. The Morgan fingerprint density at radius 1 is 1.31 bits per heavy atom. The molecule has 0 heterocycles. The largest absolute Gasteiger partial charge is 0.468 e.